The van der Waals surface area contributed by atoms with E-state index in [2.05, 4.69) is 20.1 Å². The summed E-state index contributed by atoms with van der Waals surface area (Å²) in [5.41, 5.74) is 16.1. The minimum Gasteiger partial charge on any atom is -0.481 e. The average molecular weight is 333 g/mol. The first-order valence-electron chi connectivity index (χ1n) is 6.77. The van der Waals surface area contributed by atoms with Crippen LogP contribution in [0.5, 0.6) is 0 Å². The van der Waals surface area contributed by atoms with Gasteiger partial charge < -0.3 is 5.11 Å². The Balaban J connectivity index is 0. The maximum Gasteiger partial charge on any atom is 0.312 e. The van der Waals surface area contributed by atoms with Gasteiger partial charge in [0.05, 0.1) is 0 Å². The summed E-state index contributed by atoms with van der Waals surface area (Å²) >= 11 is 5.19. The fourth-order valence-corrected chi connectivity index (χ4v) is 1.61. The summed E-state index contributed by atoms with van der Waals surface area (Å²) in [7, 11) is 0. The smallest absolute Gasteiger partial charge is 0.312 e. The van der Waals surface area contributed by atoms with Gasteiger partial charge in [-0.05, 0) is 34.5 Å². The molecule has 0 bridgehead atoms. The number of carbonyl (C=O) groups is 2. The van der Waals surface area contributed by atoms with Crippen molar-refractivity contribution in [3.63, 3.8) is 0 Å². The van der Waals surface area contributed by atoms with Gasteiger partial charge in [-0.15, -0.1) is 0 Å². The van der Waals surface area contributed by atoms with Gasteiger partial charge in [0.25, 0.3) is 0 Å². The molecule has 0 fully saturated rings. The highest BCUT2D eigenvalue weighted by atomic mass is 35.5. The molecule has 1 N–H and O–H groups in total. The first-order valence-corrected chi connectivity index (χ1v) is 7.14. The van der Waals surface area contributed by atoms with Gasteiger partial charge in [0.15, 0.2) is 0 Å². The molecule has 0 heterocycles. The molecule has 0 aromatic heterocycles. The molecule has 0 aromatic carbocycles. The van der Waals surface area contributed by atoms with E-state index in [1.54, 1.807) is 6.92 Å². The van der Waals surface area contributed by atoms with Crippen LogP contribution < -0.4 is 0 Å². The van der Waals surface area contributed by atoms with Crippen molar-refractivity contribution in [1.82, 2.24) is 0 Å². The Hall–Kier alpha value is -1.95. The number of aliphatic carboxylic acids is 1. The Bertz CT molecular complexity index is 414. The maximum atomic E-state index is 10.6. The molecule has 0 rings (SSSR count). The lowest BCUT2D eigenvalue weighted by atomic mass is 10.0. The van der Waals surface area contributed by atoms with Crippen molar-refractivity contribution in [1.29, 1.82) is 0 Å². The molecule has 0 spiro atoms. The maximum absolute atomic E-state index is 10.6. The summed E-state index contributed by atoms with van der Waals surface area (Å²) in [5, 5.41) is 14.4. The topological polar surface area (TPSA) is 152 Å². The van der Waals surface area contributed by atoms with Crippen LogP contribution in [0.1, 0.15) is 40.5 Å². The number of carboxylic acid groups (broad SMARTS) is 1. The van der Waals surface area contributed by atoms with E-state index in [0.29, 0.717) is 6.42 Å². The van der Waals surface area contributed by atoms with Crippen LogP contribution >= 0.6 is 11.6 Å². The number of nitrogens with zero attached hydrogens (tertiary/aromatic N) is 6. The lowest BCUT2D eigenvalue weighted by Gasteiger charge is -2.11. The van der Waals surface area contributed by atoms with Crippen LogP contribution in [0.25, 0.3) is 20.9 Å². The zero-order valence-electron chi connectivity index (χ0n) is 13.0. The number of hydrogen-bond acceptors (Lipinski definition) is 4. The molecule has 22 heavy (non-hydrogen) atoms. The van der Waals surface area contributed by atoms with E-state index in [1.165, 1.54) is 0 Å². The highest BCUT2D eigenvalue weighted by Crippen LogP contribution is 2.14. The second kappa shape index (κ2) is 12.8. The van der Waals surface area contributed by atoms with Crippen molar-refractivity contribution in [2.75, 3.05) is 0 Å². The van der Waals surface area contributed by atoms with Crippen LogP contribution in [0.4, 0.5) is 0 Å². The van der Waals surface area contributed by atoms with Gasteiger partial charge in [0.1, 0.15) is 12.1 Å². The predicted molar refractivity (Wildman–Crippen MR) is 83.3 cm³/mol. The molecule has 10 heteroatoms. The number of halogens is 1. The fraction of sp³-hybridized carbons (Fsp3) is 0.833. The standard InChI is InChI=1S/C6H10ClN3O.C6H11N3O2/c1-3-4(2)5(6(7)11)9-10-8;1-3-4(2)5(6(10)11)8-9-7/h4-5H,3H2,1-2H3;4-5H,3H2,1-2H3,(H,10,11)/t2*4?,5-/m00/s1. The SMILES string of the molecule is CCC(C)[C@H](N=[N+]=[N-])C(=O)Cl.CCC(C)[C@H](N=[N+]=[N-])C(=O)O. The largest absolute Gasteiger partial charge is 0.481 e. The van der Waals surface area contributed by atoms with E-state index in [1.807, 2.05) is 20.8 Å². The third-order valence-corrected chi connectivity index (χ3v) is 3.43. The molecule has 0 aliphatic heterocycles. The van der Waals surface area contributed by atoms with E-state index >= 15 is 0 Å². The van der Waals surface area contributed by atoms with Gasteiger partial charge in [0.2, 0.25) is 5.24 Å². The van der Waals surface area contributed by atoms with Crippen molar-refractivity contribution in [3.05, 3.63) is 20.9 Å². The molecule has 0 aliphatic rings. The third kappa shape index (κ3) is 9.07. The Morgan fingerprint density at radius 1 is 1.05 bits per heavy atom. The molecule has 0 aromatic rings. The zero-order chi connectivity index (χ0) is 17.7. The van der Waals surface area contributed by atoms with Crippen LogP contribution in [0.2, 0.25) is 0 Å². The van der Waals surface area contributed by atoms with Gasteiger partial charge in [0, 0.05) is 9.82 Å². The summed E-state index contributed by atoms with van der Waals surface area (Å²) in [6, 6.07) is -1.64. The first-order chi connectivity index (χ1) is 10.3. The van der Waals surface area contributed by atoms with Crippen molar-refractivity contribution >= 4 is 22.8 Å². The number of carbonyl (C=O) groups excluding carboxylic acids is 1. The summed E-state index contributed by atoms with van der Waals surface area (Å²) in [6.45, 7) is 7.32. The second-order valence-electron chi connectivity index (χ2n) is 4.71. The average Bonchev–Trinajstić information content (AvgIpc) is 2.48. The molecule has 0 amide bonds. The van der Waals surface area contributed by atoms with Gasteiger partial charge in [-0.3, -0.25) is 9.59 Å². The zero-order valence-corrected chi connectivity index (χ0v) is 13.8. The highest BCUT2D eigenvalue weighted by molar-refractivity contribution is 6.64. The number of hydrogen-bond donors (Lipinski definition) is 1. The Morgan fingerprint density at radius 2 is 1.41 bits per heavy atom. The van der Waals surface area contributed by atoms with Crippen molar-refractivity contribution in [2.24, 2.45) is 22.1 Å². The van der Waals surface area contributed by atoms with Crippen LogP contribution in [0.3, 0.4) is 0 Å². The monoisotopic (exact) mass is 332 g/mol. The molecular formula is C12H21ClN6O3. The number of rotatable bonds is 8. The Kier molecular flexibility index (Phi) is 13.0. The van der Waals surface area contributed by atoms with Gasteiger partial charge >= 0.3 is 5.97 Å². The number of carboxylic acids is 1. The molecule has 0 saturated heterocycles. The van der Waals surface area contributed by atoms with E-state index in [4.69, 9.17) is 27.8 Å². The van der Waals surface area contributed by atoms with Gasteiger partial charge in [-0.1, -0.05) is 50.8 Å². The van der Waals surface area contributed by atoms with Crippen molar-refractivity contribution in [3.8, 4) is 0 Å². The minimum atomic E-state index is -1.06. The predicted octanol–water partition coefficient (Wildman–Crippen LogP) is 4.27. The van der Waals surface area contributed by atoms with Crippen LogP contribution in [0, 0.1) is 11.8 Å². The summed E-state index contributed by atoms with van der Waals surface area (Å²) in [5.74, 6) is -1.16. The Labute approximate surface area is 133 Å². The van der Waals surface area contributed by atoms with E-state index < -0.39 is 23.3 Å². The van der Waals surface area contributed by atoms with Crippen LogP contribution in [-0.4, -0.2) is 28.4 Å². The van der Waals surface area contributed by atoms with Crippen LogP contribution in [0.15, 0.2) is 10.2 Å². The van der Waals surface area contributed by atoms with E-state index in [-0.39, 0.29) is 11.8 Å². The van der Waals surface area contributed by atoms with Gasteiger partial charge in [-0.2, -0.15) is 0 Å². The van der Waals surface area contributed by atoms with Crippen LogP contribution in [-0.2, 0) is 9.59 Å². The normalized spacial score (nSPS) is 14.8. The van der Waals surface area contributed by atoms with Crippen molar-refractivity contribution in [2.45, 2.75) is 52.6 Å². The van der Waals surface area contributed by atoms with Crippen molar-refractivity contribution < 1.29 is 14.7 Å². The van der Waals surface area contributed by atoms with E-state index in [0.717, 1.165) is 6.42 Å². The second-order valence-corrected chi connectivity index (χ2v) is 5.09. The molecule has 0 saturated carbocycles. The molecule has 124 valence electrons. The highest BCUT2D eigenvalue weighted by Gasteiger charge is 2.21. The Morgan fingerprint density at radius 3 is 1.68 bits per heavy atom. The third-order valence-electron chi connectivity index (χ3n) is 3.20. The lowest BCUT2D eigenvalue weighted by molar-refractivity contribution is -0.139. The molecule has 0 radical (unpaired) electrons. The number of azide groups is 2. The molecule has 2 unspecified atom stereocenters. The lowest BCUT2D eigenvalue weighted by Crippen LogP contribution is -2.24. The molecular weight excluding hydrogens is 312 g/mol. The van der Waals surface area contributed by atoms with E-state index in [9.17, 15) is 9.59 Å². The molecule has 4 atom stereocenters. The summed E-state index contributed by atoms with van der Waals surface area (Å²) in [4.78, 5) is 26.1. The first kappa shape index (κ1) is 22.3. The molecule has 0 aliphatic carbocycles. The fourth-order valence-electron chi connectivity index (χ4n) is 1.35. The quantitative estimate of drug-likeness (QED) is 0.305. The minimum absolute atomic E-state index is 0.0101. The van der Waals surface area contributed by atoms with Gasteiger partial charge in [-0.25, -0.2) is 0 Å². The molecule has 9 nitrogen and oxygen atoms in total. The summed E-state index contributed by atoms with van der Waals surface area (Å²) in [6.07, 6.45) is 1.46. The summed E-state index contributed by atoms with van der Waals surface area (Å²) < 4.78 is 0.